The van der Waals surface area contributed by atoms with Crippen molar-refractivity contribution in [1.82, 2.24) is 14.6 Å². The zero-order valence-corrected chi connectivity index (χ0v) is 15.1. The van der Waals surface area contributed by atoms with Crippen molar-refractivity contribution in [3.63, 3.8) is 0 Å². The van der Waals surface area contributed by atoms with Crippen LogP contribution in [0.25, 0.3) is 10.9 Å². The van der Waals surface area contributed by atoms with Crippen molar-refractivity contribution in [3.8, 4) is 0 Å². The van der Waals surface area contributed by atoms with E-state index in [9.17, 15) is 8.42 Å². The van der Waals surface area contributed by atoms with Gasteiger partial charge in [0.2, 0.25) is 10.0 Å². The Morgan fingerprint density at radius 3 is 2.83 bits per heavy atom. The van der Waals surface area contributed by atoms with Gasteiger partial charge in [-0.05, 0) is 24.0 Å². The zero-order valence-electron chi connectivity index (χ0n) is 14.3. The van der Waals surface area contributed by atoms with Crippen molar-refractivity contribution in [2.45, 2.75) is 32.4 Å². The first-order chi connectivity index (χ1) is 11.5. The average molecular weight is 347 g/mol. The van der Waals surface area contributed by atoms with Gasteiger partial charge in [0, 0.05) is 37.3 Å². The maximum atomic E-state index is 11.8. The standard InChI is InChI=1S/C18H25N3O2S/c1-3-14-13-21(24(2,22)23)11-9-17(14)20-12-16-7-4-6-15-8-5-10-19-18(15)16/h4-8,10,14,17,20H,3,9,11-13H2,1-2H3/t14-,17-/m1/s1. The summed E-state index contributed by atoms with van der Waals surface area (Å²) in [5, 5.41) is 4.79. The monoisotopic (exact) mass is 347 g/mol. The van der Waals surface area contributed by atoms with Crippen LogP contribution in [0, 0.1) is 5.92 Å². The van der Waals surface area contributed by atoms with Crippen LogP contribution >= 0.6 is 0 Å². The van der Waals surface area contributed by atoms with Crippen LogP contribution in [-0.2, 0) is 16.6 Å². The number of fused-ring (bicyclic) bond motifs is 1. The number of nitrogens with zero attached hydrogens (tertiary/aromatic N) is 2. The Kier molecular flexibility index (Phi) is 5.18. The van der Waals surface area contributed by atoms with Gasteiger partial charge in [-0.1, -0.05) is 37.6 Å². The molecule has 2 atom stereocenters. The summed E-state index contributed by atoms with van der Waals surface area (Å²) < 4.78 is 25.2. The normalized spacial score (nSPS) is 22.8. The third kappa shape index (κ3) is 3.77. The van der Waals surface area contributed by atoms with E-state index in [1.165, 1.54) is 11.8 Å². The molecule has 1 aromatic carbocycles. The van der Waals surface area contributed by atoms with Crippen molar-refractivity contribution < 1.29 is 8.42 Å². The molecule has 1 aliphatic rings. The van der Waals surface area contributed by atoms with Crippen molar-refractivity contribution in [1.29, 1.82) is 0 Å². The molecule has 0 bridgehead atoms. The van der Waals surface area contributed by atoms with Gasteiger partial charge in [0.15, 0.2) is 0 Å². The van der Waals surface area contributed by atoms with E-state index in [1.54, 1.807) is 4.31 Å². The highest BCUT2D eigenvalue weighted by Gasteiger charge is 2.31. The van der Waals surface area contributed by atoms with E-state index in [1.807, 2.05) is 12.3 Å². The minimum atomic E-state index is -3.09. The van der Waals surface area contributed by atoms with Crippen LogP contribution in [0.5, 0.6) is 0 Å². The molecular weight excluding hydrogens is 322 g/mol. The molecule has 0 amide bonds. The van der Waals surface area contributed by atoms with Gasteiger partial charge in [-0.25, -0.2) is 12.7 Å². The molecule has 3 rings (SSSR count). The smallest absolute Gasteiger partial charge is 0.211 e. The molecule has 1 saturated heterocycles. The second-order valence-electron chi connectivity index (χ2n) is 6.56. The van der Waals surface area contributed by atoms with Crippen molar-refractivity contribution >= 4 is 20.9 Å². The molecular formula is C18H25N3O2S. The Morgan fingerprint density at radius 2 is 2.08 bits per heavy atom. The first-order valence-electron chi connectivity index (χ1n) is 8.50. The number of rotatable bonds is 5. The van der Waals surface area contributed by atoms with Crippen LogP contribution in [0.4, 0.5) is 0 Å². The lowest BCUT2D eigenvalue weighted by atomic mass is 9.91. The van der Waals surface area contributed by atoms with Gasteiger partial charge in [0.25, 0.3) is 0 Å². The van der Waals surface area contributed by atoms with Gasteiger partial charge in [-0.3, -0.25) is 4.98 Å². The minimum Gasteiger partial charge on any atom is -0.309 e. The molecule has 130 valence electrons. The molecule has 0 spiro atoms. The van der Waals surface area contributed by atoms with E-state index >= 15 is 0 Å². The predicted molar refractivity (Wildman–Crippen MR) is 97.2 cm³/mol. The maximum Gasteiger partial charge on any atom is 0.211 e. The molecule has 0 radical (unpaired) electrons. The second-order valence-corrected chi connectivity index (χ2v) is 8.54. The maximum absolute atomic E-state index is 11.8. The van der Waals surface area contributed by atoms with Gasteiger partial charge in [-0.15, -0.1) is 0 Å². The number of pyridine rings is 1. The number of nitrogens with one attached hydrogen (secondary N) is 1. The lowest BCUT2D eigenvalue weighted by Crippen LogP contribution is -2.50. The Morgan fingerprint density at radius 1 is 1.29 bits per heavy atom. The van der Waals surface area contributed by atoms with Gasteiger partial charge in [0.1, 0.15) is 0 Å². The van der Waals surface area contributed by atoms with Crippen LogP contribution in [0.1, 0.15) is 25.3 Å². The summed E-state index contributed by atoms with van der Waals surface area (Å²) in [6.45, 7) is 4.10. The Balaban J connectivity index is 1.70. The average Bonchev–Trinajstić information content (AvgIpc) is 2.59. The number of benzene rings is 1. The topological polar surface area (TPSA) is 62.3 Å². The van der Waals surface area contributed by atoms with Gasteiger partial charge in [-0.2, -0.15) is 0 Å². The summed E-state index contributed by atoms with van der Waals surface area (Å²) in [5.41, 5.74) is 2.22. The molecule has 24 heavy (non-hydrogen) atoms. The van der Waals surface area contributed by atoms with Gasteiger partial charge >= 0.3 is 0 Å². The number of para-hydroxylation sites is 1. The summed E-state index contributed by atoms with van der Waals surface area (Å²) in [4.78, 5) is 4.50. The summed E-state index contributed by atoms with van der Waals surface area (Å²) in [6.07, 6.45) is 4.95. The number of sulfonamides is 1. The van der Waals surface area contributed by atoms with E-state index in [2.05, 4.69) is 41.5 Å². The van der Waals surface area contributed by atoms with Crippen LogP contribution in [0.3, 0.4) is 0 Å². The van der Waals surface area contributed by atoms with Crippen LogP contribution in [-0.4, -0.2) is 43.1 Å². The fourth-order valence-electron chi connectivity index (χ4n) is 3.53. The molecule has 5 nitrogen and oxygen atoms in total. The van der Waals surface area contributed by atoms with E-state index in [-0.39, 0.29) is 0 Å². The van der Waals surface area contributed by atoms with Crippen molar-refractivity contribution in [2.24, 2.45) is 5.92 Å². The highest BCUT2D eigenvalue weighted by atomic mass is 32.2. The van der Waals surface area contributed by atoms with E-state index in [0.29, 0.717) is 25.0 Å². The fraction of sp³-hybridized carbons (Fsp3) is 0.500. The predicted octanol–water partition coefficient (Wildman–Crippen LogP) is 2.38. The third-order valence-electron chi connectivity index (χ3n) is 4.96. The summed E-state index contributed by atoms with van der Waals surface area (Å²) >= 11 is 0. The van der Waals surface area contributed by atoms with Crippen LogP contribution in [0.2, 0.25) is 0 Å². The lowest BCUT2D eigenvalue weighted by molar-refractivity contribution is 0.202. The summed E-state index contributed by atoms with van der Waals surface area (Å²) in [6, 6.07) is 10.6. The number of piperidine rings is 1. The van der Waals surface area contributed by atoms with E-state index in [4.69, 9.17) is 0 Å². The minimum absolute atomic E-state index is 0.340. The largest absolute Gasteiger partial charge is 0.309 e. The zero-order chi connectivity index (χ0) is 17.2. The van der Waals surface area contributed by atoms with Crippen molar-refractivity contribution in [2.75, 3.05) is 19.3 Å². The quantitative estimate of drug-likeness (QED) is 0.902. The first kappa shape index (κ1) is 17.3. The SMILES string of the molecule is CC[C@@H]1CN(S(C)(=O)=O)CC[C@H]1NCc1cccc2cccnc12. The number of hydrogen-bond acceptors (Lipinski definition) is 4. The van der Waals surface area contributed by atoms with Crippen LogP contribution in [0.15, 0.2) is 36.5 Å². The Hall–Kier alpha value is -1.50. The van der Waals surface area contributed by atoms with Crippen LogP contribution < -0.4 is 5.32 Å². The highest BCUT2D eigenvalue weighted by molar-refractivity contribution is 7.88. The molecule has 0 saturated carbocycles. The molecule has 1 aromatic heterocycles. The van der Waals surface area contributed by atoms with E-state index in [0.717, 1.165) is 30.3 Å². The molecule has 1 aliphatic heterocycles. The van der Waals surface area contributed by atoms with E-state index < -0.39 is 10.0 Å². The molecule has 2 heterocycles. The van der Waals surface area contributed by atoms with Crippen molar-refractivity contribution in [3.05, 3.63) is 42.1 Å². The second kappa shape index (κ2) is 7.17. The number of aromatic nitrogens is 1. The summed E-state index contributed by atoms with van der Waals surface area (Å²) in [5.74, 6) is 0.344. The molecule has 1 fully saturated rings. The fourth-order valence-corrected chi connectivity index (χ4v) is 4.43. The lowest BCUT2D eigenvalue weighted by Gasteiger charge is -2.37. The Labute approximate surface area is 144 Å². The van der Waals surface area contributed by atoms with Gasteiger partial charge < -0.3 is 5.32 Å². The first-order valence-corrected chi connectivity index (χ1v) is 10.3. The molecule has 0 aliphatic carbocycles. The molecule has 6 heteroatoms. The highest BCUT2D eigenvalue weighted by Crippen LogP contribution is 2.23. The van der Waals surface area contributed by atoms with Gasteiger partial charge in [0.05, 0.1) is 11.8 Å². The number of hydrogen-bond donors (Lipinski definition) is 1. The third-order valence-corrected chi connectivity index (χ3v) is 6.23. The Bertz CT molecular complexity index is 802. The molecule has 1 N–H and O–H groups in total. The molecule has 2 aromatic rings. The molecule has 0 unspecified atom stereocenters. The summed E-state index contributed by atoms with van der Waals surface area (Å²) in [7, 11) is -3.09.